The minimum absolute atomic E-state index is 0.00236. The van der Waals surface area contributed by atoms with E-state index in [1.54, 1.807) is 6.07 Å². The number of aromatic nitrogens is 3. The number of hydrogen-bond acceptors (Lipinski definition) is 2. The maximum Gasteiger partial charge on any atom is 0.418 e. The molecule has 0 fully saturated rings. The molecule has 0 bridgehead atoms. The topological polar surface area (TPSA) is 33.6 Å². The van der Waals surface area contributed by atoms with E-state index in [9.17, 15) is 13.2 Å². The van der Waals surface area contributed by atoms with Crippen LogP contribution in [-0.2, 0) is 6.18 Å². The average Bonchev–Trinajstić information content (AvgIpc) is 2.70. The SMILES string of the molecule is CC(C)c1n[nH]c(=S)n1-c1ccccc1C(F)(F)F. The van der Waals surface area contributed by atoms with E-state index in [4.69, 9.17) is 12.2 Å². The second kappa shape index (κ2) is 4.80. The summed E-state index contributed by atoms with van der Waals surface area (Å²) < 4.78 is 40.6. The van der Waals surface area contributed by atoms with Crippen molar-refractivity contribution in [1.29, 1.82) is 0 Å². The molecule has 19 heavy (non-hydrogen) atoms. The Morgan fingerprint density at radius 1 is 1.26 bits per heavy atom. The van der Waals surface area contributed by atoms with Gasteiger partial charge in [0.2, 0.25) is 0 Å². The summed E-state index contributed by atoms with van der Waals surface area (Å²) >= 11 is 5.03. The van der Waals surface area contributed by atoms with Gasteiger partial charge in [-0.15, -0.1) is 0 Å². The van der Waals surface area contributed by atoms with Crippen LogP contribution in [0.3, 0.4) is 0 Å². The van der Waals surface area contributed by atoms with Gasteiger partial charge in [0.05, 0.1) is 11.3 Å². The van der Waals surface area contributed by atoms with E-state index in [0.717, 1.165) is 6.07 Å². The normalized spacial score (nSPS) is 12.1. The zero-order valence-corrected chi connectivity index (χ0v) is 11.1. The first-order valence-corrected chi connectivity index (χ1v) is 6.07. The Balaban J connectivity index is 2.74. The third-order valence-corrected chi connectivity index (χ3v) is 2.94. The van der Waals surface area contributed by atoms with E-state index in [2.05, 4.69) is 10.2 Å². The highest BCUT2D eigenvalue weighted by Gasteiger charge is 2.34. The lowest BCUT2D eigenvalue weighted by Crippen LogP contribution is -2.13. The molecule has 1 aromatic carbocycles. The van der Waals surface area contributed by atoms with Crippen LogP contribution in [0.2, 0.25) is 0 Å². The number of aromatic amines is 1. The first-order valence-electron chi connectivity index (χ1n) is 5.66. The molecule has 0 saturated heterocycles. The lowest BCUT2D eigenvalue weighted by molar-refractivity contribution is -0.137. The predicted molar refractivity (Wildman–Crippen MR) is 67.8 cm³/mol. The molecule has 1 aromatic heterocycles. The molecule has 7 heteroatoms. The second-order valence-corrected chi connectivity index (χ2v) is 4.78. The average molecular weight is 287 g/mol. The van der Waals surface area contributed by atoms with E-state index < -0.39 is 11.7 Å². The number of alkyl halides is 3. The summed E-state index contributed by atoms with van der Waals surface area (Å²) in [5.41, 5.74) is -0.730. The molecule has 102 valence electrons. The fourth-order valence-electron chi connectivity index (χ4n) is 1.84. The minimum atomic E-state index is -4.43. The van der Waals surface area contributed by atoms with Crippen LogP contribution in [-0.4, -0.2) is 14.8 Å². The van der Waals surface area contributed by atoms with E-state index in [1.165, 1.54) is 16.7 Å². The fraction of sp³-hybridized carbons (Fsp3) is 0.333. The van der Waals surface area contributed by atoms with Crippen molar-refractivity contribution in [2.24, 2.45) is 0 Å². The van der Waals surface area contributed by atoms with Gasteiger partial charge >= 0.3 is 6.18 Å². The van der Waals surface area contributed by atoms with Crippen LogP contribution in [0.15, 0.2) is 24.3 Å². The van der Waals surface area contributed by atoms with Crippen molar-refractivity contribution in [2.45, 2.75) is 25.9 Å². The summed E-state index contributed by atoms with van der Waals surface area (Å²) in [5.74, 6) is 0.427. The first kappa shape index (κ1) is 13.8. The number of H-pyrrole nitrogens is 1. The summed E-state index contributed by atoms with van der Waals surface area (Å²) in [6.07, 6.45) is -4.43. The van der Waals surface area contributed by atoms with Crippen LogP contribution in [0.1, 0.15) is 31.2 Å². The largest absolute Gasteiger partial charge is 0.418 e. The maximum absolute atomic E-state index is 13.0. The van der Waals surface area contributed by atoms with E-state index >= 15 is 0 Å². The number of halogens is 3. The number of nitrogens with one attached hydrogen (secondary N) is 1. The summed E-state index contributed by atoms with van der Waals surface area (Å²) in [6, 6.07) is 5.32. The molecule has 0 aliphatic heterocycles. The lowest BCUT2D eigenvalue weighted by Gasteiger charge is -2.15. The van der Waals surface area contributed by atoms with Crippen LogP contribution in [0, 0.1) is 4.77 Å². The standard InChI is InChI=1S/C12H12F3N3S/c1-7(2)10-16-17-11(19)18(10)9-6-4-3-5-8(9)12(13,14)15/h3-7H,1-2H3,(H,17,19). The van der Waals surface area contributed by atoms with Crippen molar-refractivity contribution >= 4 is 12.2 Å². The highest BCUT2D eigenvalue weighted by molar-refractivity contribution is 7.71. The van der Waals surface area contributed by atoms with Crippen LogP contribution in [0.4, 0.5) is 13.2 Å². The molecular weight excluding hydrogens is 275 g/mol. The van der Waals surface area contributed by atoms with Gasteiger partial charge in [-0.1, -0.05) is 26.0 Å². The Bertz CT molecular complexity index is 640. The van der Waals surface area contributed by atoms with Crippen molar-refractivity contribution in [2.75, 3.05) is 0 Å². The van der Waals surface area contributed by atoms with Crippen molar-refractivity contribution < 1.29 is 13.2 Å². The molecule has 0 amide bonds. The van der Waals surface area contributed by atoms with Crippen LogP contribution in [0.25, 0.3) is 5.69 Å². The summed E-state index contributed by atoms with van der Waals surface area (Å²) in [6.45, 7) is 3.69. The highest BCUT2D eigenvalue weighted by Crippen LogP contribution is 2.34. The molecule has 0 saturated carbocycles. The molecule has 2 rings (SSSR count). The minimum Gasteiger partial charge on any atom is -0.271 e. The highest BCUT2D eigenvalue weighted by atomic mass is 32.1. The third-order valence-electron chi connectivity index (χ3n) is 2.67. The van der Waals surface area contributed by atoms with Gasteiger partial charge in [-0.3, -0.25) is 9.67 Å². The number of para-hydroxylation sites is 1. The smallest absolute Gasteiger partial charge is 0.271 e. The number of rotatable bonds is 2. The van der Waals surface area contributed by atoms with Gasteiger partial charge in [0.25, 0.3) is 0 Å². The quantitative estimate of drug-likeness (QED) is 0.845. The van der Waals surface area contributed by atoms with E-state index in [0.29, 0.717) is 5.82 Å². The Hall–Kier alpha value is -1.63. The molecular formula is C12H12F3N3S. The lowest BCUT2D eigenvalue weighted by atomic mass is 10.1. The molecule has 0 aliphatic rings. The van der Waals surface area contributed by atoms with Crippen molar-refractivity contribution in [3.05, 3.63) is 40.4 Å². The summed E-state index contributed by atoms with van der Waals surface area (Å²) in [4.78, 5) is 0. The molecule has 3 nitrogen and oxygen atoms in total. The molecule has 0 radical (unpaired) electrons. The summed E-state index contributed by atoms with van der Waals surface area (Å²) in [7, 11) is 0. The fourth-order valence-corrected chi connectivity index (χ4v) is 2.08. The molecule has 1 heterocycles. The van der Waals surface area contributed by atoms with E-state index in [-0.39, 0.29) is 16.4 Å². The molecule has 0 atom stereocenters. The van der Waals surface area contributed by atoms with Crippen molar-refractivity contribution in [3.8, 4) is 5.69 Å². The Morgan fingerprint density at radius 2 is 1.89 bits per heavy atom. The molecule has 0 aliphatic carbocycles. The monoisotopic (exact) mass is 287 g/mol. The Labute approximate surface area is 113 Å². The van der Waals surface area contributed by atoms with Crippen LogP contribution in [0.5, 0.6) is 0 Å². The number of benzene rings is 1. The molecule has 2 aromatic rings. The molecule has 1 N–H and O–H groups in total. The van der Waals surface area contributed by atoms with E-state index in [1.807, 2.05) is 13.8 Å². The van der Waals surface area contributed by atoms with Crippen molar-refractivity contribution in [3.63, 3.8) is 0 Å². The van der Waals surface area contributed by atoms with Gasteiger partial charge in [-0.25, -0.2) is 0 Å². The Kier molecular flexibility index (Phi) is 3.49. The van der Waals surface area contributed by atoms with Gasteiger partial charge in [0.15, 0.2) is 4.77 Å². The second-order valence-electron chi connectivity index (χ2n) is 4.39. The Morgan fingerprint density at radius 3 is 2.47 bits per heavy atom. The zero-order valence-electron chi connectivity index (χ0n) is 10.3. The van der Waals surface area contributed by atoms with Gasteiger partial charge < -0.3 is 0 Å². The number of nitrogens with zero attached hydrogens (tertiary/aromatic N) is 2. The van der Waals surface area contributed by atoms with Gasteiger partial charge in [-0.05, 0) is 24.4 Å². The van der Waals surface area contributed by atoms with Crippen LogP contribution < -0.4 is 0 Å². The third kappa shape index (κ3) is 2.56. The maximum atomic E-state index is 13.0. The van der Waals surface area contributed by atoms with Gasteiger partial charge in [-0.2, -0.15) is 18.3 Å². The van der Waals surface area contributed by atoms with Crippen molar-refractivity contribution in [1.82, 2.24) is 14.8 Å². The predicted octanol–water partition coefficient (Wildman–Crippen LogP) is 4.07. The zero-order chi connectivity index (χ0) is 14.2. The van der Waals surface area contributed by atoms with Gasteiger partial charge in [0, 0.05) is 5.92 Å². The first-order chi connectivity index (χ1) is 8.82. The summed E-state index contributed by atoms with van der Waals surface area (Å²) in [5, 5.41) is 6.54. The van der Waals surface area contributed by atoms with Crippen LogP contribution >= 0.6 is 12.2 Å². The molecule has 0 spiro atoms. The van der Waals surface area contributed by atoms with Gasteiger partial charge in [0.1, 0.15) is 5.82 Å². The molecule has 0 unspecified atom stereocenters. The number of hydrogen-bond donors (Lipinski definition) is 1.